The van der Waals surface area contributed by atoms with E-state index in [0.717, 1.165) is 6.92 Å². The molecule has 1 aromatic rings. The molecule has 48 heavy (non-hydrogen) atoms. The first kappa shape index (κ1) is 38.1. The van der Waals surface area contributed by atoms with Gasteiger partial charge >= 0.3 is 0 Å². The minimum absolute atomic E-state index is 0.228. The molecule has 0 aliphatic carbocycles. The fourth-order valence-electron chi connectivity index (χ4n) is 5.94. The Bertz CT molecular complexity index is 1190. The number of methoxy groups -OCH3 is 1. The Kier molecular flexibility index (Phi) is 13.3. The average molecular weight is 691 g/mol. The van der Waals surface area contributed by atoms with Gasteiger partial charge in [0.2, 0.25) is 18.1 Å². The molecule has 6 unspecified atom stereocenters. The molecule has 2 amide bonds. The Morgan fingerprint density at radius 1 is 0.667 bits per heavy atom. The highest BCUT2D eigenvalue weighted by Gasteiger charge is 2.54. The maximum Gasteiger partial charge on any atom is 0.229 e. The van der Waals surface area contributed by atoms with Crippen molar-refractivity contribution in [2.75, 3.05) is 26.9 Å². The molecule has 3 aliphatic heterocycles. The lowest BCUT2D eigenvalue weighted by Gasteiger charge is -2.49. The van der Waals surface area contributed by atoms with Gasteiger partial charge in [-0.15, -0.1) is 0 Å². The van der Waals surface area contributed by atoms with E-state index in [2.05, 4.69) is 10.6 Å². The third-order valence-corrected chi connectivity index (χ3v) is 8.59. The third-order valence-electron chi connectivity index (χ3n) is 8.59. The van der Waals surface area contributed by atoms with Crippen LogP contribution in [0.3, 0.4) is 0 Å². The molecule has 0 aromatic heterocycles. The summed E-state index contributed by atoms with van der Waals surface area (Å²) in [6.07, 6.45) is -17.6. The predicted octanol–water partition coefficient (Wildman–Crippen LogP) is -3.91. The number of hydrogen-bond acceptors (Lipinski definition) is 16. The van der Waals surface area contributed by atoms with Crippen molar-refractivity contribution in [3.63, 3.8) is 0 Å². The molecule has 4 rings (SSSR count). The van der Waals surface area contributed by atoms with Gasteiger partial charge in [0.15, 0.2) is 18.7 Å². The Hall–Kier alpha value is -2.72. The zero-order valence-electron chi connectivity index (χ0n) is 26.9. The first-order valence-electron chi connectivity index (χ1n) is 15.5. The van der Waals surface area contributed by atoms with Crippen molar-refractivity contribution < 1.29 is 78.5 Å². The van der Waals surface area contributed by atoms with Crippen molar-refractivity contribution in [1.29, 1.82) is 0 Å². The molecule has 18 heteroatoms. The summed E-state index contributed by atoms with van der Waals surface area (Å²) in [5.74, 6) is -1.05. The molecule has 0 radical (unpaired) electrons. The average Bonchev–Trinajstić information content (AvgIpc) is 3.06. The van der Waals surface area contributed by atoms with Crippen LogP contribution in [0.1, 0.15) is 20.8 Å². The number of benzene rings is 1. The first-order valence-corrected chi connectivity index (χ1v) is 15.5. The number of hydrogen-bond donors (Lipinski definition) is 9. The number of ether oxygens (including phenoxy) is 7. The predicted molar refractivity (Wildman–Crippen MR) is 159 cm³/mol. The molecule has 18 nitrogen and oxygen atoms in total. The highest BCUT2D eigenvalue weighted by molar-refractivity contribution is 5.73. The molecule has 3 aliphatic rings. The Morgan fingerprint density at radius 3 is 1.67 bits per heavy atom. The summed E-state index contributed by atoms with van der Waals surface area (Å²) >= 11 is 0. The van der Waals surface area contributed by atoms with Gasteiger partial charge in [0.05, 0.1) is 39.1 Å². The molecule has 3 saturated heterocycles. The Balaban J connectivity index is 1.69. The first-order chi connectivity index (χ1) is 22.8. The fraction of sp³-hybridized carbons (Fsp3) is 0.733. The van der Waals surface area contributed by atoms with Crippen molar-refractivity contribution in [2.24, 2.45) is 5.92 Å². The molecule has 0 saturated carbocycles. The monoisotopic (exact) mass is 690 g/mol. The number of carbonyl (C=O) groups excluding carboxylic acids is 2. The fourth-order valence-corrected chi connectivity index (χ4v) is 5.94. The zero-order valence-corrected chi connectivity index (χ0v) is 26.9. The van der Waals surface area contributed by atoms with E-state index in [1.165, 1.54) is 14.0 Å². The number of rotatable bonds is 12. The smallest absolute Gasteiger partial charge is 0.229 e. The van der Waals surface area contributed by atoms with Crippen molar-refractivity contribution in [2.45, 2.75) is 107 Å². The van der Waals surface area contributed by atoms with Crippen LogP contribution in [-0.2, 0) is 33.3 Å². The third kappa shape index (κ3) is 8.52. The second-order valence-electron chi connectivity index (χ2n) is 11.9. The maximum atomic E-state index is 12.1. The SMILES string of the molecule is COc1ccc(O[C@H]2OC(CO)[C@@H](O[C@@H]3OC(CO)[C@@H](O)[C@@H](O)C3NC(C)=O)[C@H](O)C2O[C@@H]2OC(CO)[C@@H](C)[C@@H](O)C2NC(C)=O)cc1. The zero-order chi connectivity index (χ0) is 35.3. The summed E-state index contributed by atoms with van der Waals surface area (Å²) in [5, 5.41) is 79.1. The van der Waals surface area contributed by atoms with Crippen LogP contribution in [0.2, 0.25) is 0 Å². The number of nitrogens with one attached hydrogen (secondary N) is 2. The minimum Gasteiger partial charge on any atom is -0.497 e. The van der Waals surface area contributed by atoms with Gasteiger partial charge in [0.1, 0.15) is 60.2 Å². The van der Waals surface area contributed by atoms with E-state index in [4.69, 9.17) is 33.2 Å². The second-order valence-corrected chi connectivity index (χ2v) is 11.9. The van der Waals surface area contributed by atoms with Crippen LogP contribution in [0.5, 0.6) is 11.5 Å². The lowest BCUT2D eigenvalue weighted by molar-refractivity contribution is -0.363. The Morgan fingerprint density at radius 2 is 1.15 bits per heavy atom. The largest absolute Gasteiger partial charge is 0.497 e. The van der Waals surface area contributed by atoms with E-state index in [-0.39, 0.29) is 5.75 Å². The summed E-state index contributed by atoms with van der Waals surface area (Å²) < 4.78 is 41.0. The van der Waals surface area contributed by atoms with E-state index in [1.807, 2.05) is 0 Å². The highest BCUT2D eigenvalue weighted by atomic mass is 16.8. The van der Waals surface area contributed by atoms with Crippen LogP contribution in [-0.4, -0.2) is 160 Å². The molecule has 3 fully saturated rings. The van der Waals surface area contributed by atoms with E-state index in [1.54, 1.807) is 31.2 Å². The van der Waals surface area contributed by atoms with Gasteiger partial charge in [-0.2, -0.15) is 0 Å². The maximum absolute atomic E-state index is 12.1. The number of aliphatic hydroxyl groups is 7. The van der Waals surface area contributed by atoms with Gasteiger partial charge in [0.25, 0.3) is 0 Å². The number of amides is 2. The van der Waals surface area contributed by atoms with Crippen LogP contribution in [0.4, 0.5) is 0 Å². The van der Waals surface area contributed by atoms with Gasteiger partial charge in [-0.1, -0.05) is 6.92 Å². The van der Waals surface area contributed by atoms with Crippen molar-refractivity contribution in [3.8, 4) is 11.5 Å². The molecule has 1 aromatic carbocycles. The van der Waals surface area contributed by atoms with Crippen molar-refractivity contribution in [1.82, 2.24) is 10.6 Å². The minimum atomic E-state index is -1.78. The molecular formula is C30H46N2O16. The van der Waals surface area contributed by atoms with Gasteiger partial charge in [-0.05, 0) is 24.3 Å². The number of aliphatic hydroxyl groups excluding tert-OH is 7. The molecule has 15 atom stereocenters. The van der Waals surface area contributed by atoms with Crippen molar-refractivity contribution >= 4 is 11.8 Å². The topological polar surface area (TPSA) is 264 Å². The van der Waals surface area contributed by atoms with E-state index >= 15 is 0 Å². The lowest BCUT2D eigenvalue weighted by Crippen LogP contribution is -2.69. The van der Waals surface area contributed by atoms with E-state index < -0.39 is 123 Å². The van der Waals surface area contributed by atoms with Crippen LogP contribution < -0.4 is 20.1 Å². The van der Waals surface area contributed by atoms with Gasteiger partial charge < -0.3 is 79.5 Å². The summed E-state index contributed by atoms with van der Waals surface area (Å²) in [6.45, 7) is 1.98. The Labute approximate surface area is 276 Å². The van der Waals surface area contributed by atoms with E-state index in [0.29, 0.717) is 5.75 Å². The summed E-state index contributed by atoms with van der Waals surface area (Å²) in [6, 6.07) is 3.70. The molecule has 3 heterocycles. The molecule has 0 bridgehead atoms. The highest BCUT2D eigenvalue weighted by Crippen LogP contribution is 2.35. The molecular weight excluding hydrogens is 644 g/mol. The van der Waals surface area contributed by atoms with Crippen molar-refractivity contribution in [3.05, 3.63) is 24.3 Å². The van der Waals surface area contributed by atoms with Crippen LogP contribution >= 0.6 is 0 Å². The number of carbonyl (C=O) groups is 2. The second kappa shape index (κ2) is 16.8. The summed E-state index contributed by atoms with van der Waals surface area (Å²) in [7, 11) is 1.48. The quantitative estimate of drug-likeness (QED) is 0.101. The van der Waals surface area contributed by atoms with Crippen LogP contribution in [0, 0.1) is 5.92 Å². The van der Waals surface area contributed by atoms with Crippen LogP contribution in [0.15, 0.2) is 24.3 Å². The summed E-state index contributed by atoms with van der Waals surface area (Å²) in [4.78, 5) is 24.1. The standard InChI is InChI=1S/C30H46N2O16/c1-12-17(9-33)44-28(20(22(12)38)31-13(2)36)48-27-25(41)26(19(11-35)46-30(27)43-16-7-5-15(42-4)6-8-16)47-29-21(32-14(3)37)24(40)23(39)18(10-34)45-29/h5-8,12,17-30,33-35,38-41H,9-11H2,1-4H3,(H,31,36)(H,32,37)/t12-,17?,18?,19?,20?,21?,22-,23-,24+,25+,26-,27?,28+,29+,30+/m1/s1. The normalized spacial score (nSPS) is 40.1. The summed E-state index contributed by atoms with van der Waals surface area (Å²) in [5.41, 5.74) is 0. The molecule has 9 N–H and O–H groups in total. The van der Waals surface area contributed by atoms with E-state index in [9.17, 15) is 45.3 Å². The van der Waals surface area contributed by atoms with Gasteiger partial charge in [0, 0.05) is 19.8 Å². The lowest BCUT2D eigenvalue weighted by atomic mass is 9.89. The van der Waals surface area contributed by atoms with Crippen LogP contribution in [0.25, 0.3) is 0 Å². The van der Waals surface area contributed by atoms with Gasteiger partial charge in [-0.3, -0.25) is 9.59 Å². The molecule has 0 spiro atoms. The van der Waals surface area contributed by atoms with Gasteiger partial charge in [-0.25, -0.2) is 0 Å². The molecule has 272 valence electrons.